The van der Waals surface area contributed by atoms with Crippen LogP contribution >= 0.6 is 0 Å². The molecule has 1 amide bonds. The van der Waals surface area contributed by atoms with E-state index in [0.29, 0.717) is 37.3 Å². The number of hydrogen-bond acceptors (Lipinski definition) is 4. The van der Waals surface area contributed by atoms with E-state index in [4.69, 9.17) is 4.42 Å². The number of nitrogens with zero attached hydrogens (tertiary/aromatic N) is 1. The largest absolute Gasteiger partial charge is 0.449 e. The second-order valence-corrected chi connectivity index (χ2v) is 8.20. The molecule has 1 saturated heterocycles. The predicted octanol–water partition coefficient (Wildman–Crippen LogP) is 2.48. The molecule has 1 aliphatic heterocycles. The van der Waals surface area contributed by atoms with Crippen LogP contribution in [0, 0.1) is 13.8 Å². The molecule has 2 aromatic rings. The molecule has 0 saturated carbocycles. The van der Waals surface area contributed by atoms with E-state index in [0.717, 1.165) is 5.56 Å². The number of piperidine rings is 1. The maximum Gasteiger partial charge on any atom is 0.276 e. The first kappa shape index (κ1) is 17.7. The van der Waals surface area contributed by atoms with Crippen molar-refractivity contribution in [2.75, 3.05) is 13.1 Å². The highest BCUT2D eigenvalue weighted by Crippen LogP contribution is 2.22. The first-order valence-electron chi connectivity index (χ1n) is 8.31. The molecule has 0 unspecified atom stereocenters. The highest BCUT2D eigenvalue weighted by molar-refractivity contribution is 7.89. The second kappa shape index (κ2) is 7.01. The molecule has 0 spiro atoms. The van der Waals surface area contributed by atoms with Crippen LogP contribution in [0.2, 0.25) is 0 Å². The number of sulfonamides is 1. The molecule has 0 aliphatic carbocycles. The van der Waals surface area contributed by atoms with Crippen molar-refractivity contribution in [3.63, 3.8) is 0 Å². The fraction of sp³-hybridized carbons (Fsp3) is 0.389. The minimum absolute atomic E-state index is 0.0209. The van der Waals surface area contributed by atoms with Crippen molar-refractivity contribution >= 4 is 15.9 Å². The van der Waals surface area contributed by atoms with Crippen molar-refractivity contribution in [3.8, 4) is 0 Å². The van der Waals surface area contributed by atoms with Gasteiger partial charge in [0.25, 0.3) is 15.9 Å². The fourth-order valence-corrected chi connectivity index (χ4v) is 4.43. The average Bonchev–Trinajstić information content (AvgIpc) is 3.03. The standard InChI is InChI=1S/C18H22N2O4S/c1-13-5-3-4-6-16(13)18(21)19-15-9-11-20(12-10-15)25(22,23)17-8-7-14(2)24-17/h3-8,15H,9-12H2,1-2H3,(H,19,21). The normalized spacial score (nSPS) is 16.7. The molecule has 1 aromatic heterocycles. The van der Waals surface area contributed by atoms with Gasteiger partial charge in [-0.25, -0.2) is 8.42 Å². The predicted molar refractivity (Wildman–Crippen MR) is 93.9 cm³/mol. The van der Waals surface area contributed by atoms with Gasteiger partial charge in [-0.1, -0.05) is 18.2 Å². The first-order chi connectivity index (χ1) is 11.9. The van der Waals surface area contributed by atoms with Crippen molar-refractivity contribution in [2.45, 2.75) is 37.8 Å². The number of furan rings is 1. The molecule has 3 rings (SSSR count). The van der Waals surface area contributed by atoms with Gasteiger partial charge in [-0.15, -0.1) is 0 Å². The van der Waals surface area contributed by atoms with E-state index in [9.17, 15) is 13.2 Å². The maximum absolute atomic E-state index is 12.5. The Morgan fingerprint density at radius 1 is 1.12 bits per heavy atom. The third kappa shape index (κ3) is 3.77. The Morgan fingerprint density at radius 2 is 1.80 bits per heavy atom. The number of amides is 1. The van der Waals surface area contributed by atoms with Crippen LogP contribution in [-0.2, 0) is 10.0 Å². The summed E-state index contributed by atoms with van der Waals surface area (Å²) in [5, 5.41) is 2.99. The number of nitrogens with one attached hydrogen (secondary N) is 1. The molecule has 0 radical (unpaired) electrons. The molecule has 1 aliphatic rings. The summed E-state index contributed by atoms with van der Waals surface area (Å²) >= 11 is 0. The van der Waals surface area contributed by atoms with Gasteiger partial charge in [0.15, 0.2) is 0 Å². The minimum Gasteiger partial charge on any atom is -0.449 e. The Hall–Kier alpha value is -2.12. The van der Waals surface area contributed by atoms with Crippen LogP contribution in [-0.4, -0.2) is 37.8 Å². The van der Waals surface area contributed by atoms with E-state index in [2.05, 4.69) is 5.32 Å². The lowest BCUT2D eigenvalue weighted by Crippen LogP contribution is -2.46. The van der Waals surface area contributed by atoms with Crippen molar-refractivity contribution in [3.05, 3.63) is 53.3 Å². The third-order valence-electron chi connectivity index (χ3n) is 4.49. The monoisotopic (exact) mass is 362 g/mol. The third-order valence-corrected chi connectivity index (χ3v) is 6.26. The lowest BCUT2D eigenvalue weighted by molar-refractivity contribution is 0.0923. The van der Waals surface area contributed by atoms with Crippen molar-refractivity contribution in [1.82, 2.24) is 9.62 Å². The Labute approximate surface area is 147 Å². The molecule has 6 nitrogen and oxygen atoms in total. The second-order valence-electron chi connectivity index (χ2n) is 6.33. The topological polar surface area (TPSA) is 79.6 Å². The SMILES string of the molecule is Cc1ccc(S(=O)(=O)N2CCC(NC(=O)c3ccccc3C)CC2)o1. The summed E-state index contributed by atoms with van der Waals surface area (Å²) < 4.78 is 31.8. The van der Waals surface area contributed by atoms with Crippen LogP contribution < -0.4 is 5.32 Å². The van der Waals surface area contributed by atoms with E-state index < -0.39 is 10.0 Å². The summed E-state index contributed by atoms with van der Waals surface area (Å²) in [5.41, 5.74) is 1.58. The summed E-state index contributed by atoms with van der Waals surface area (Å²) in [6, 6.07) is 10.5. The average molecular weight is 362 g/mol. The van der Waals surface area contributed by atoms with Crippen LogP contribution in [0.15, 0.2) is 45.9 Å². The summed E-state index contributed by atoms with van der Waals surface area (Å²) in [7, 11) is -3.60. The summed E-state index contributed by atoms with van der Waals surface area (Å²) in [6.45, 7) is 4.34. The van der Waals surface area contributed by atoms with Gasteiger partial charge in [-0.3, -0.25) is 4.79 Å². The molecule has 1 aromatic carbocycles. The molecule has 134 valence electrons. The molecule has 0 bridgehead atoms. The number of carbonyl (C=O) groups excluding carboxylic acids is 1. The Balaban J connectivity index is 1.61. The smallest absolute Gasteiger partial charge is 0.276 e. The minimum atomic E-state index is -3.60. The van der Waals surface area contributed by atoms with E-state index in [1.54, 1.807) is 19.1 Å². The van der Waals surface area contributed by atoms with Crippen LogP contribution in [0.3, 0.4) is 0 Å². The number of aryl methyl sites for hydroxylation is 2. The van der Waals surface area contributed by atoms with Crippen molar-refractivity contribution < 1.29 is 17.6 Å². The van der Waals surface area contributed by atoms with E-state index in [1.807, 2.05) is 25.1 Å². The molecule has 0 atom stereocenters. The van der Waals surface area contributed by atoms with Crippen LogP contribution in [0.1, 0.15) is 34.5 Å². The van der Waals surface area contributed by atoms with Gasteiger partial charge in [0, 0.05) is 24.7 Å². The summed E-state index contributed by atoms with van der Waals surface area (Å²) in [6.07, 6.45) is 1.16. The summed E-state index contributed by atoms with van der Waals surface area (Å²) in [4.78, 5) is 12.4. The fourth-order valence-electron chi connectivity index (χ4n) is 3.01. The Morgan fingerprint density at radius 3 is 2.40 bits per heavy atom. The van der Waals surface area contributed by atoms with E-state index in [-0.39, 0.29) is 17.0 Å². The zero-order valence-electron chi connectivity index (χ0n) is 14.4. The molecule has 7 heteroatoms. The highest BCUT2D eigenvalue weighted by atomic mass is 32.2. The van der Waals surface area contributed by atoms with E-state index in [1.165, 1.54) is 10.4 Å². The lowest BCUT2D eigenvalue weighted by atomic mass is 10.0. The molecular formula is C18H22N2O4S. The molecule has 2 heterocycles. The highest BCUT2D eigenvalue weighted by Gasteiger charge is 2.32. The first-order valence-corrected chi connectivity index (χ1v) is 9.75. The molecule has 25 heavy (non-hydrogen) atoms. The van der Waals surface area contributed by atoms with Gasteiger partial charge in [-0.05, 0) is 50.5 Å². The lowest BCUT2D eigenvalue weighted by Gasteiger charge is -2.31. The van der Waals surface area contributed by atoms with Gasteiger partial charge in [0.05, 0.1) is 0 Å². The zero-order valence-corrected chi connectivity index (χ0v) is 15.2. The van der Waals surface area contributed by atoms with Crippen LogP contribution in [0.25, 0.3) is 0 Å². The number of carbonyl (C=O) groups is 1. The zero-order chi connectivity index (χ0) is 18.0. The van der Waals surface area contributed by atoms with Crippen LogP contribution in [0.5, 0.6) is 0 Å². The van der Waals surface area contributed by atoms with Gasteiger partial charge < -0.3 is 9.73 Å². The van der Waals surface area contributed by atoms with E-state index >= 15 is 0 Å². The van der Waals surface area contributed by atoms with Crippen LogP contribution in [0.4, 0.5) is 0 Å². The molecule has 1 fully saturated rings. The van der Waals surface area contributed by atoms with Crippen molar-refractivity contribution in [1.29, 1.82) is 0 Å². The number of hydrogen-bond donors (Lipinski definition) is 1. The molecular weight excluding hydrogens is 340 g/mol. The van der Waals surface area contributed by atoms with Crippen molar-refractivity contribution in [2.24, 2.45) is 0 Å². The van der Waals surface area contributed by atoms with Gasteiger partial charge >= 0.3 is 0 Å². The van der Waals surface area contributed by atoms with Gasteiger partial charge in [0.2, 0.25) is 5.09 Å². The summed E-state index contributed by atoms with van der Waals surface area (Å²) in [5.74, 6) is 0.458. The number of rotatable bonds is 4. The van der Waals surface area contributed by atoms with Gasteiger partial charge in [-0.2, -0.15) is 4.31 Å². The molecule has 1 N–H and O–H groups in total. The van der Waals surface area contributed by atoms with Gasteiger partial charge in [0.1, 0.15) is 5.76 Å². The maximum atomic E-state index is 12.5. The number of benzene rings is 1. The Bertz CT molecular complexity index is 865. The Kier molecular flexibility index (Phi) is 4.96. The quantitative estimate of drug-likeness (QED) is 0.906.